The van der Waals surface area contributed by atoms with Gasteiger partial charge in [0.2, 0.25) is 10.0 Å². The lowest BCUT2D eigenvalue weighted by Gasteiger charge is -2.46. The Kier molecular flexibility index (Phi) is 14.5. The Hall–Kier alpha value is -8.78. The van der Waals surface area contributed by atoms with E-state index in [2.05, 4.69) is 30.4 Å². The highest BCUT2D eigenvalue weighted by Gasteiger charge is 2.53. The average Bonchev–Trinajstić information content (AvgIpc) is 1.51. The van der Waals surface area contributed by atoms with Crippen molar-refractivity contribution in [3.63, 3.8) is 0 Å². The van der Waals surface area contributed by atoms with Crippen molar-refractivity contribution in [2.75, 3.05) is 14.1 Å². The molecular weight excluding hydrogens is 1160 g/mol. The predicted molar refractivity (Wildman–Crippen MR) is 299 cm³/mol. The molecule has 2 aromatic carbocycles. The van der Waals surface area contributed by atoms with Crippen LogP contribution in [0.5, 0.6) is 0 Å². The van der Waals surface area contributed by atoms with E-state index in [1.54, 1.807) is 46.9 Å². The zero-order valence-electron chi connectivity index (χ0n) is 47.1. The van der Waals surface area contributed by atoms with Crippen LogP contribution in [0.2, 0.25) is 0 Å². The topological polar surface area (TPSA) is 189 Å². The molecule has 8 aromatic rings. The second kappa shape index (κ2) is 21.6. The van der Waals surface area contributed by atoms with Crippen molar-refractivity contribution in [1.29, 1.82) is 0 Å². The third-order valence-corrected chi connectivity index (χ3v) is 19.4. The Balaban J connectivity index is 0.801. The summed E-state index contributed by atoms with van der Waals surface area (Å²) < 4.78 is 150. The van der Waals surface area contributed by atoms with E-state index < -0.39 is 96.9 Å². The fraction of sp³-hybridized carbons (Fsp3) is 0.328. The molecule has 87 heavy (non-hydrogen) atoms. The van der Waals surface area contributed by atoms with Crippen LogP contribution in [0.4, 0.5) is 35.1 Å². The Labute approximate surface area is 492 Å². The lowest BCUT2D eigenvalue weighted by molar-refractivity contribution is -0.138. The molecule has 4 atom stereocenters. The third-order valence-electron chi connectivity index (χ3n) is 17.5. The number of alkyl halides is 6. The van der Waals surface area contributed by atoms with Gasteiger partial charge in [0.1, 0.15) is 27.9 Å². The van der Waals surface area contributed by atoms with Gasteiger partial charge in [-0.15, -0.1) is 0 Å². The first kappa shape index (κ1) is 58.6. The van der Waals surface area contributed by atoms with Crippen molar-refractivity contribution in [2.24, 2.45) is 10.8 Å². The number of benzene rings is 2. The molecule has 2 fully saturated rings. The summed E-state index contributed by atoms with van der Waals surface area (Å²) in [6.07, 6.45) is 5.20. The van der Waals surface area contributed by atoms with Crippen molar-refractivity contribution < 1.29 is 57.9 Å². The van der Waals surface area contributed by atoms with Gasteiger partial charge < -0.3 is 4.90 Å². The highest BCUT2D eigenvalue weighted by Crippen LogP contribution is 2.53. The van der Waals surface area contributed by atoms with E-state index in [1.807, 2.05) is 13.8 Å². The minimum atomic E-state index is -4.79. The van der Waals surface area contributed by atoms with E-state index in [0.717, 1.165) is 30.6 Å². The highest BCUT2D eigenvalue weighted by atomic mass is 32.2. The molecule has 450 valence electrons. The molecule has 4 aliphatic carbocycles. The van der Waals surface area contributed by atoms with Gasteiger partial charge >= 0.3 is 12.4 Å². The molecule has 6 heterocycles. The number of allylic oxidation sites excluding steroid dienone is 2. The number of pyridine rings is 2. The molecule has 0 bridgehead atoms. The van der Waals surface area contributed by atoms with Crippen LogP contribution in [0.3, 0.4) is 0 Å². The summed E-state index contributed by atoms with van der Waals surface area (Å²) >= 11 is 0. The molecule has 26 heteroatoms. The van der Waals surface area contributed by atoms with Crippen molar-refractivity contribution in [3.05, 3.63) is 195 Å². The van der Waals surface area contributed by atoms with Crippen LogP contribution in [0.1, 0.15) is 129 Å². The zero-order valence-corrected chi connectivity index (χ0v) is 47.9. The number of hydrogen-bond acceptors (Lipinski definition) is 11. The largest absolute Gasteiger partial charge is 0.416 e. The molecule has 0 radical (unpaired) electrons. The maximum Gasteiger partial charge on any atom is 0.416 e. The van der Waals surface area contributed by atoms with Gasteiger partial charge in [-0.1, -0.05) is 11.1 Å². The van der Waals surface area contributed by atoms with Gasteiger partial charge in [-0.05, 0) is 155 Å². The number of fused-ring (bicyclic) bond motifs is 4. The molecule has 0 spiro atoms. The number of ketones is 2. The van der Waals surface area contributed by atoms with Crippen LogP contribution >= 0.6 is 0 Å². The Morgan fingerprint density at radius 1 is 0.667 bits per heavy atom. The van der Waals surface area contributed by atoms with Crippen LogP contribution in [-0.2, 0) is 41.8 Å². The molecule has 17 nitrogen and oxygen atoms in total. The number of Topliss-reactive ketones (excluding diaryl/α,β-unsaturated/α-hetero) is 2. The average molecular weight is 1220 g/mol. The molecule has 0 N–H and O–H groups in total. The predicted octanol–water partition coefficient (Wildman–Crippen LogP) is 11.0. The maximum atomic E-state index is 15.9. The number of aromatic nitrogens is 10. The van der Waals surface area contributed by atoms with Gasteiger partial charge in [-0.2, -0.15) is 51.0 Å². The molecule has 0 unspecified atom stereocenters. The van der Waals surface area contributed by atoms with Gasteiger partial charge in [0.25, 0.3) is 5.91 Å². The minimum Gasteiger partial charge on any atom is -0.339 e. The third kappa shape index (κ3) is 10.5. The van der Waals surface area contributed by atoms with E-state index >= 15 is 4.39 Å². The number of sulfonamides is 1. The van der Waals surface area contributed by atoms with E-state index in [-0.39, 0.29) is 73.6 Å². The molecule has 0 saturated heterocycles. The lowest BCUT2D eigenvalue weighted by atomic mass is 9.60. The fourth-order valence-corrected chi connectivity index (χ4v) is 14.1. The van der Waals surface area contributed by atoms with Gasteiger partial charge in [-0.25, -0.2) is 26.6 Å². The Morgan fingerprint density at radius 2 is 1.21 bits per heavy atom. The normalized spacial score (nSPS) is 20.3. The number of halogens is 8. The van der Waals surface area contributed by atoms with E-state index in [4.69, 9.17) is 0 Å². The molecular formula is C61H54F8N12O5S. The summed E-state index contributed by atoms with van der Waals surface area (Å²) in [5, 5.41) is 17.8. The fourth-order valence-electron chi connectivity index (χ4n) is 12.8. The van der Waals surface area contributed by atoms with Crippen molar-refractivity contribution in [2.45, 2.75) is 107 Å². The number of hydrogen-bond donors (Lipinski definition) is 0. The number of amides is 1. The van der Waals surface area contributed by atoms with Crippen LogP contribution in [0, 0.1) is 22.5 Å². The number of rotatable bonds is 14. The van der Waals surface area contributed by atoms with Gasteiger partial charge in [-0.3, -0.25) is 33.7 Å². The quantitative estimate of drug-likeness (QED) is 0.0744. The number of nitrogens with zero attached hydrogens (tertiary/aromatic N) is 12. The first-order chi connectivity index (χ1) is 41.2. The number of carbonyl (C=O) groups excluding carboxylic acids is 3. The summed E-state index contributed by atoms with van der Waals surface area (Å²) in [5.74, 6) is -2.95. The second-order valence-corrected chi connectivity index (χ2v) is 25.0. The Morgan fingerprint density at radius 3 is 1.76 bits per heavy atom. The monoisotopic (exact) mass is 1220 g/mol. The molecule has 1 amide bonds. The van der Waals surface area contributed by atoms with Gasteiger partial charge in [0.05, 0.1) is 81.6 Å². The van der Waals surface area contributed by atoms with Crippen LogP contribution in [-0.4, -0.2) is 110 Å². The molecule has 6 aromatic heterocycles. The summed E-state index contributed by atoms with van der Waals surface area (Å²) in [4.78, 5) is 53.9. The Bertz CT molecular complexity index is 4260. The van der Waals surface area contributed by atoms with Crippen molar-refractivity contribution in [3.8, 4) is 11.4 Å². The van der Waals surface area contributed by atoms with E-state index in [9.17, 15) is 53.5 Å². The summed E-state index contributed by atoms with van der Waals surface area (Å²) in [6, 6.07) is 11.4. The van der Waals surface area contributed by atoms with Crippen LogP contribution in [0.15, 0.2) is 132 Å². The highest BCUT2D eigenvalue weighted by molar-refractivity contribution is 7.89. The second-order valence-electron chi connectivity index (χ2n) is 23.0. The SMILES string of the molecule is CC(C)n1cc(S(=O)(=O)N(C)[C@H]2CCC3=Cc4c(cnn4-c4ccc(F)c(Cn5cc(C(=O)N(C)[C@H]6CCC7=Cc8c(cnn8-c8ccc(F)cc8)C[C@]7(C(=O)c7cc(C(F)(F)F)ccn7)C6)cn5)c4)C[C@]3(C(=O)c3cc(C(F)(F)F)ccn3)C2)cn1. The van der Waals surface area contributed by atoms with Crippen molar-refractivity contribution in [1.82, 2.24) is 58.3 Å². The minimum absolute atomic E-state index is 0.0118. The standard InChI is InChI=1S/C61H54F8N12O5S/c1-35(2)79-34-49(31-73-79)87(85,86)77(4)48-10-6-41-23-54-38(25-59(41,27-48)56(83)52-21-43(16-18-71-52)61(67,68)69)29-75-81(54)46-13-14-50(63)36(19-46)32-78-33-39(30-72-78)57(84)76(3)47-9-5-40-22-53-37(28-74-80(53)45-11-7-44(62)8-12-45)24-58(40,26-47)55(82)51-20-42(15-17-70-51)60(64,65)66/h7-8,11-23,28-31,33-35,47-48H,5-6,9-10,24-27,32H2,1-4H3/t47-,48-,58-,59-/m0/s1. The van der Waals surface area contributed by atoms with Gasteiger partial charge in [0.15, 0.2) is 11.6 Å². The first-order valence-corrected chi connectivity index (χ1v) is 29.3. The molecule has 0 aliphatic heterocycles. The zero-order chi connectivity index (χ0) is 61.7. The first-order valence-electron chi connectivity index (χ1n) is 27.8. The van der Waals surface area contributed by atoms with Gasteiger partial charge in [0, 0.05) is 62.6 Å². The molecule has 12 rings (SSSR count). The van der Waals surface area contributed by atoms with Crippen LogP contribution < -0.4 is 0 Å². The summed E-state index contributed by atoms with van der Waals surface area (Å²) in [6.45, 7) is 3.51. The lowest BCUT2D eigenvalue weighted by Crippen LogP contribution is -2.49. The maximum absolute atomic E-state index is 15.9. The summed E-state index contributed by atoms with van der Waals surface area (Å²) in [5.41, 5.74) is -1.38. The number of carbonyl (C=O) groups is 3. The van der Waals surface area contributed by atoms with E-state index in [1.165, 1.54) is 86.9 Å². The van der Waals surface area contributed by atoms with E-state index in [0.29, 0.717) is 57.5 Å². The van der Waals surface area contributed by atoms with Crippen LogP contribution in [0.25, 0.3) is 23.5 Å². The molecule has 2 saturated carbocycles. The molecule has 4 aliphatic rings. The smallest absolute Gasteiger partial charge is 0.339 e. The van der Waals surface area contributed by atoms with Crippen molar-refractivity contribution >= 4 is 39.6 Å². The summed E-state index contributed by atoms with van der Waals surface area (Å²) in [7, 11) is -1.20.